The quantitative estimate of drug-likeness (QED) is 0.801. The van der Waals surface area contributed by atoms with Gasteiger partial charge in [-0.05, 0) is 38.4 Å². The van der Waals surface area contributed by atoms with Gasteiger partial charge in [-0.1, -0.05) is 18.6 Å². The summed E-state index contributed by atoms with van der Waals surface area (Å²) >= 11 is 0. The molecule has 0 aliphatic carbocycles. The lowest BCUT2D eigenvalue weighted by molar-refractivity contribution is -0.123. The smallest absolute Gasteiger partial charge is 0.161 e. The Bertz CT molecular complexity index is 447. The first-order chi connectivity index (χ1) is 9.72. The maximum absolute atomic E-state index is 11.6. The predicted molar refractivity (Wildman–Crippen MR) is 78.4 cm³/mol. The van der Waals surface area contributed by atoms with Crippen LogP contribution < -0.4 is 9.47 Å². The van der Waals surface area contributed by atoms with Crippen molar-refractivity contribution in [3.8, 4) is 11.5 Å². The van der Waals surface area contributed by atoms with E-state index in [-0.39, 0.29) is 11.8 Å². The van der Waals surface area contributed by atoms with Crippen LogP contribution in [0.15, 0.2) is 24.3 Å². The maximum atomic E-state index is 11.6. The van der Waals surface area contributed by atoms with E-state index in [1.807, 2.05) is 24.3 Å². The molecule has 0 spiro atoms. The summed E-state index contributed by atoms with van der Waals surface area (Å²) < 4.78 is 11.0. The molecule has 0 radical (unpaired) electrons. The normalized spacial score (nSPS) is 19.6. The number of hydrogen-bond donors (Lipinski definition) is 0. The number of piperidine rings is 1. The van der Waals surface area contributed by atoms with E-state index in [0.717, 1.165) is 37.4 Å². The van der Waals surface area contributed by atoms with Gasteiger partial charge in [-0.2, -0.15) is 0 Å². The number of rotatable bonds is 6. The highest BCUT2D eigenvalue weighted by Gasteiger charge is 2.25. The van der Waals surface area contributed by atoms with Crippen molar-refractivity contribution in [2.45, 2.75) is 32.2 Å². The van der Waals surface area contributed by atoms with Crippen molar-refractivity contribution in [2.24, 2.45) is 0 Å². The molecular weight excluding hydrogens is 254 g/mol. The number of likely N-dealkylation sites (tertiary alicyclic amines) is 1. The van der Waals surface area contributed by atoms with Crippen LogP contribution in [0, 0.1) is 0 Å². The number of carbonyl (C=O) groups is 1. The molecule has 0 N–H and O–H groups in total. The summed E-state index contributed by atoms with van der Waals surface area (Å²) in [7, 11) is 1.64. The van der Waals surface area contributed by atoms with Crippen molar-refractivity contribution in [2.75, 3.05) is 26.8 Å². The molecule has 4 nitrogen and oxygen atoms in total. The van der Waals surface area contributed by atoms with Crippen molar-refractivity contribution in [1.82, 2.24) is 4.90 Å². The van der Waals surface area contributed by atoms with Gasteiger partial charge in [-0.15, -0.1) is 0 Å². The van der Waals surface area contributed by atoms with E-state index in [4.69, 9.17) is 9.47 Å². The molecule has 1 unspecified atom stereocenters. The van der Waals surface area contributed by atoms with E-state index in [0.29, 0.717) is 6.61 Å². The lowest BCUT2D eigenvalue weighted by Crippen LogP contribution is -2.45. The van der Waals surface area contributed by atoms with Gasteiger partial charge in [0.05, 0.1) is 13.2 Å². The Morgan fingerprint density at radius 1 is 1.30 bits per heavy atom. The molecular formula is C16H23NO3. The number of nitrogens with zero attached hydrogens (tertiary/aromatic N) is 1. The van der Waals surface area contributed by atoms with E-state index in [1.165, 1.54) is 6.42 Å². The lowest BCUT2D eigenvalue weighted by Gasteiger charge is -2.33. The molecule has 1 heterocycles. The average molecular weight is 277 g/mol. The molecule has 2 rings (SSSR count). The fourth-order valence-electron chi connectivity index (χ4n) is 2.73. The van der Waals surface area contributed by atoms with Crippen LogP contribution in [-0.4, -0.2) is 43.5 Å². The minimum Gasteiger partial charge on any atom is -0.493 e. The van der Waals surface area contributed by atoms with Gasteiger partial charge in [-0.25, -0.2) is 0 Å². The molecule has 1 aliphatic heterocycles. The third-order valence-electron chi connectivity index (χ3n) is 3.79. The summed E-state index contributed by atoms with van der Waals surface area (Å²) in [6.45, 7) is 4.02. The molecule has 0 aromatic heterocycles. The second kappa shape index (κ2) is 7.29. The summed E-state index contributed by atoms with van der Waals surface area (Å²) in [6.07, 6.45) is 3.29. The summed E-state index contributed by atoms with van der Waals surface area (Å²) in [5.74, 6) is 1.77. The van der Waals surface area contributed by atoms with Gasteiger partial charge in [0.25, 0.3) is 0 Å². The van der Waals surface area contributed by atoms with Crippen LogP contribution in [0.2, 0.25) is 0 Å². The van der Waals surface area contributed by atoms with E-state index in [9.17, 15) is 4.79 Å². The number of Topliss-reactive ketones (excluding diaryl/α,β-unsaturated/α-hetero) is 1. The number of hydrogen-bond acceptors (Lipinski definition) is 4. The van der Waals surface area contributed by atoms with Crippen LogP contribution in [0.25, 0.3) is 0 Å². The van der Waals surface area contributed by atoms with Gasteiger partial charge in [-0.3, -0.25) is 9.69 Å². The van der Waals surface area contributed by atoms with Crippen LogP contribution >= 0.6 is 0 Å². The van der Waals surface area contributed by atoms with Crippen molar-refractivity contribution in [1.29, 1.82) is 0 Å². The predicted octanol–water partition coefficient (Wildman–Crippen LogP) is 2.52. The third kappa shape index (κ3) is 3.73. The van der Waals surface area contributed by atoms with Gasteiger partial charge in [0.15, 0.2) is 11.5 Å². The maximum Gasteiger partial charge on any atom is 0.161 e. The Balaban J connectivity index is 1.86. The van der Waals surface area contributed by atoms with Gasteiger partial charge in [0, 0.05) is 6.54 Å². The summed E-state index contributed by atoms with van der Waals surface area (Å²) in [6, 6.07) is 7.70. The number of carbonyl (C=O) groups excluding carboxylic acids is 1. The fraction of sp³-hybridized carbons (Fsp3) is 0.562. The largest absolute Gasteiger partial charge is 0.493 e. The van der Waals surface area contributed by atoms with E-state index in [2.05, 4.69) is 4.90 Å². The highest BCUT2D eigenvalue weighted by atomic mass is 16.5. The van der Waals surface area contributed by atoms with Crippen molar-refractivity contribution in [3.63, 3.8) is 0 Å². The molecule has 1 aromatic carbocycles. The average Bonchev–Trinajstić information content (AvgIpc) is 2.48. The number of ketones is 1. The van der Waals surface area contributed by atoms with Crippen LogP contribution in [0.1, 0.15) is 26.2 Å². The first kappa shape index (κ1) is 14.9. The first-order valence-corrected chi connectivity index (χ1v) is 7.22. The van der Waals surface area contributed by atoms with Crippen LogP contribution in [0.3, 0.4) is 0 Å². The molecule has 0 bridgehead atoms. The number of ether oxygens (including phenoxy) is 2. The Morgan fingerprint density at radius 2 is 2.05 bits per heavy atom. The topological polar surface area (TPSA) is 38.8 Å². The summed E-state index contributed by atoms with van der Waals surface area (Å²) in [5, 5.41) is 0. The molecule has 0 amide bonds. The van der Waals surface area contributed by atoms with Gasteiger partial charge in [0.2, 0.25) is 0 Å². The minimum atomic E-state index is 0.0741. The molecule has 1 fully saturated rings. The van der Waals surface area contributed by atoms with E-state index >= 15 is 0 Å². The number of methoxy groups -OCH3 is 1. The zero-order valence-corrected chi connectivity index (χ0v) is 12.3. The standard InChI is InChI=1S/C16H23NO3/c1-13(18)14-7-5-6-10-17(14)11-12-20-16-9-4-3-8-15(16)19-2/h3-4,8-9,14H,5-7,10-12H2,1-2H3. The Hall–Kier alpha value is -1.55. The van der Waals surface area contributed by atoms with Crippen molar-refractivity contribution >= 4 is 5.78 Å². The third-order valence-corrected chi connectivity index (χ3v) is 3.79. The molecule has 1 aliphatic rings. The second-order valence-corrected chi connectivity index (χ2v) is 5.16. The molecule has 1 aromatic rings. The highest BCUT2D eigenvalue weighted by Crippen LogP contribution is 2.26. The second-order valence-electron chi connectivity index (χ2n) is 5.16. The zero-order chi connectivity index (χ0) is 14.4. The van der Waals surface area contributed by atoms with Crippen LogP contribution in [0.4, 0.5) is 0 Å². The Morgan fingerprint density at radius 3 is 2.75 bits per heavy atom. The number of para-hydroxylation sites is 2. The van der Waals surface area contributed by atoms with Gasteiger partial charge in [0.1, 0.15) is 12.4 Å². The SMILES string of the molecule is COc1ccccc1OCCN1CCCCC1C(C)=O. The summed E-state index contributed by atoms with van der Waals surface area (Å²) in [4.78, 5) is 13.9. The summed E-state index contributed by atoms with van der Waals surface area (Å²) in [5.41, 5.74) is 0. The highest BCUT2D eigenvalue weighted by molar-refractivity contribution is 5.81. The molecule has 4 heteroatoms. The number of benzene rings is 1. The van der Waals surface area contributed by atoms with Crippen molar-refractivity contribution in [3.05, 3.63) is 24.3 Å². The molecule has 20 heavy (non-hydrogen) atoms. The molecule has 1 atom stereocenters. The van der Waals surface area contributed by atoms with Crippen LogP contribution in [-0.2, 0) is 4.79 Å². The molecule has 110 valence electrons. The Kier molecular flexibility index (Phi) is 5.41. The van der Waals surface area contributed by atoms with E-state index in [1.54, 1.807) is 14.0 Å². The van der Waals surface area contributed by atoms with Gasteiger partial charge >= 0.3 is 0 Å². The Labute approximate surface area is 120 Å². The molecule has 1 saturated heterocycles. The zero-order valence-electron chi connectivity index (χ0n) is 12.3. The van der Waals surface area contributed by atoms with E-state index < -0.39 is 0 Å². The van der Waals surface area contributed by atoms with Gasteiger partial charge < -0.3 is 9.47 Å². The fourth-order valence-corrected chi connectivity index (χ4v) is 2.73. The minimum absolute atomic E-state index is 0.0741. The van der Waals surface area contributed by atoms with Crippen LogP contribution in [0.5, 0.6) is 11.5 Å². The molecule has 0 saturated carbocycles. The lowest BCUT2D eigenvalue weighted by atomic mass is 9.99. The van der Waals surface area contributed by atoms with Crippen molar-refractivity contribution < 1.29 is 14.3 Å². The monoisotopic (exact) mass is 277 g/mol. The first-order valence-electron chi connectivity index (χ1n) is 7.22.